The van der Waals surface area contributed by atoms with E-state index in [9.17, 15) is 0 Å². The first-order valence-corrected chi connectivity index (χ1v) is 24.0. The minimum absolute atomic E-state index is 0.750. The van der Waals surface area contributed by atoms with Crippen molar-refractivity contribution in [1.82, 2.24) is 9.97 Å². The number of hydrogen-bond donors (Lipinski definition) is 0. The Kier molecular flexibility index (Phi) is 10.0. The third-order valence-corrected chi connectivity index (χ3v) is 14.3. The Labute approximate surface area is 405 Å². The van der Waals surface area contributed by atoms with Gasteiger partial charge in [0.2, 0.25) is 0 Å². The highest BCUT2D eigenvalue weighted by atomic mass is 15.2. The van der Waals surface area contributed by atoms with E-state index < -0.39 is 5.41 Å². The van der Waals surface area contributed by atoms with Gasteiger partial charge in [0.15, 0.2) is 0 Å². The normalized spacial score (nSPS) is 13.1. The fourth-order valence-corrected chi connectivity index (χ4v) is 11.3. The minimum Gasteiger partial charge on any atom is -0.310 e. The summed E-state index contributed by atoms with van der Waals surface area (Å²) in [5.41, 5.74) is 25.7. The Morgan fingerprint density at radius 3 is 1.22 bits per heavy atom. The summed E-state index contributed by atoms with van der Waals surface area (Å²) in [6.45, 7) is 13.0. The monoisotopic (exact) mass is 888 g/mol. The number of fused-ring (bicyclic) bond motifs is 12. The van der Waals surface area contributed by atoms with Gasteiger partial charge in [0.05, 0.1) is 39.6 Å². The number of benzene rings is 9. The Morgan fingerprint density at radius 1 is 0.319 bits per heavy atom. The van der Waals surface area contributed by atoms with E-state index in [2.05, 4.69) is 245 Å². The first-order chi connectivity index (χ1) is 33.7. The molecule has 0 bridgehead atoms. The van der Waals surface area contributed by atoms with Crippen molar-refractivity contribution in [1.29, 1.82) is 0 Å². The van der Waals surface area contributed by atoms with E-state index in [-0.39, 0.29) is 0 Å². The maximum atomic E-state index is 5.04. The summed E-state index contributed by atoms with van der Waals surface area (Å²) < 4.78 is 0. The van der Waals surface area contributed by atoms with Gasteiger partial charge < -0.3 is 9.80 Å². The first-order valence-electron chi connectivity index (χ1n) is 24.0. The Balaban J connectivity index is 1.17. The number of nitrogens with zero attached hydrogens (tertiary/aromatic N) is 4. The highest BCUT2D eigenvalue weighted by Crippen LogP contribution is 2.62. The SMILES string of the molecule is Cc1ccc2c(c1)-c1ccccc1C1(c3ccccc3-c3cc(C)ccc3N2c2ccc(-c3nc(C)nc(-c4ccccc4)c3C)cc2)c2cc(C)ccc2N(c2ccccc2)c2ccc(C)cc21. The molecule has 0 fully saturated rings. The van der Waals surface area contributed by atoms with E-state index in [4.69, 9.17) is 9.97 Å². The Morgan fingerprint density at radius 2 is 0.710 bits per heavy atom. The number of anilines is 6. The summed E-state index contributed by atoms with van der Waals surface area (Å²) in [4.78, 5) is 14.9. The van der Waals surface area contributed by atoms with Gasteiger partial charge in [-0.05, 0) is 136 Å². The predicted octanol–water partition coefficient (Wildman–Crippen LogP) is 16.9. The van der Waals surface area contributed by atoms with Crippen molar-refractivity contribution in [3.63, 3.8) is 0 Å². The lowest BCUT2D eigenvalue weighted by atomic mass is 9.59. The van der Waals surface area contributed by atoms with Crippen LogP contribution in [0.2, 0.25) is 0 Å². The van der Waals surface area contributed by atoms with Crippen LogP contribution in [0.15, 0.2) is 206 Å². The molecule has 0 aliphatic carbocycles. The van der Waals surface area contributed by atoms with Crippen LogP contribution in [0, 0.1) is 41.5 Å². The van der Waals surface area contributed by atoms with Crippen molar-refractivity contribution < 1.29 is 0 Å². The molecule has 3 heterocycles. The maximum absolute atomic E-state index is 5.04. The highest BCUT2D eigenvalue weighted by Gasteiger charge is 2.49. The molecule has 10 aromatic rings. The second-order valence-electron chi connectivity index (χ2n) is 18.9. The van der Waals surface area contributed by atoms with E-state index in [1.807, 2.05) is 13.0 Å². The lowest BCUT2D eigenvalue weighted by Crippen LogP contribution is -2.39. The molecule has 0 atom stereocenters. The molecule has 0 unspecified atom stereocenters. The van der Waals surface area contributed by atoms with E-state index in [0.717, 1.165) is 56.7 Å². The van der Waals surface area contributed by atoms with Gasteiger partial charge in [0, 0.05) is 39.2 Å². The molecule has 1 spiro atoms. The molecule has 69 heavy (non-hydrogen) atoms. The molecular weight excluding hydrogens is 837 g/mol. The quantitative estimate of drug-likeness (QED) is 0.176. The van der Waals surface area contributed by atoms with Crippen LogP contribution in [0.1, 0.15) is 55.9 Å². The molecule has 0 saturated heterocycles. The summed E-state index contributed by atoms with van der Waals surface area (Å²) in [6, 6.07) is 76.9. The van der Waals surface area contributed by atoms with E-state index in [1.165, 1.54) is 78.1 Å². The Hall–Kier alpha value is -8.34. The third-order valence-electron chi connectivity index (χ3n) is 14.3. The molecule has 4 nitrogen and oxygen atoms in total. The fraction of sp³-hybridized carbons (Fsp3) is 0.108. The van der Waals surface area contributed by atoms with E-state index in [1.54, 1.807) is 0 Å². The second-order valence-corrected chi connectivity index (χ2v) is 18.9. The van der Waals surface area contributed by atoms with Gasteiger partial charge in [-0.3, -0.25) is 0 Å². The molecule has 0 radical (unpaired) electrons. The maximum Gasteiger partial charge on any atom is 0.126 e. The molecule has 0 N–H and O–H groups in total. The highest BCUT2D eigenvalue weighted by molar-refractivity contribution is 6.00. The van der Waals surface area contributed by atoms with Gasteiger partial charge in [-0.1, -0.05) is 168 Å². The zero-order valence-corrected chi connectivity index (χ0v) is 39.9. The van der Waals surface area contributed by atoms with Crippen LogP contribution in [-0.4, -0.2) is 9.97 Å². The van der Waals surface area contributed by atoms with Gasteiger partial charge in [0.1, 0.15) is 5.82 Å². The standard InChI is InChI=1S/C65H52N4/c1-41-25-33-59-53(37-41)51-21-13-15-23-55(51)65(57-39-43(3)27-35-61(57)69(49-19-11-8-12-20-49)62-36-28-44(4)40-58(62)65)56-24-16-14-22-52(56)54-38-42(2)26-34-60(54)68(59)50-31-29-48(30-32-50)64-45(5)63(66-46(6)67-64)47-17-9-7-10-18-47/h7-40H,1-6H3. The molecule has 4 heteroatoms. The van der Waals surface area contributed by atoms with Crippen LogP contribution < -0.4 is 9.80 Å². The summed E-state index contributed by atoms with van der Waals surface area (Å²) >= 11 is 0. The molecule has 332 valence electrons. The van der Waals surface area contributed by atoms with Crippen LogP contribution in [0.25, 0.3) is 44.8 Å². The van der Waals surface area contributed by atoms with E-state index in [0.29, 0.717) is 0 Å². The smallest absolute Gasteiger partial charge is 0.126 e. The van der Waals surface area contributed by atoms with Crippen LogP contribution in [0.3, 0.4) is 0 Å². The van der Waals surface area contributed by atoms with Crippen molar-refractivity contribution in [2.45, 2.75) is 47.0 Å². The van der Waals surface area contributed by atoms with Gasteiger partial charge >= 0.3 is 0 Å². The number of para-hydroxylation sites is 1. The summed E-state index contributed by atoms with van der Waals surface area (Å²) in [5, 5.41) is 0. The molecule has 1 aromatic heterocycles. The summed E-state index contributed by atoms with van der Waals surface area (Å²) in [5.74, 6) is 0.750. The first kappa shape index (κ1) is 42.0. The van der Waals surface area contributed by atoms with Crippen LogP contribution in [-0.2, 0) is 5.41 Å². The molecule has 0 saturated carbocycles. The average molecular weight is 889 g/mol. The predicted molar refractivity (Wildman–Crippen MR) is 287 cm³/mol. The van der Waals surface area contributed by atoms with E-state index >= 15 is 0 Å². The lowest BCUT2D eigenvalue weighted by Gasteiger charge is -2.48. The number of hydrogen-bond acceptors (Lipinski definition) is 4. The number of aromatic nitrogens is 2. The molecule has 12 rings (SSSR count). The fourth-order valence-electron chi connectivity index (χ4n) is 11.3. The Bertz CT molecular complexity index is 3480. The van der Waals surface area contributed by atoms with Crippen molar-refractivity contribution >= 4 is 34.1 Å². The molecule has 0 amide bonds. The molecular formula is C65H52N4. The topological polar surface area (TPSA) is 32.3 Å². The second kappa shape index (κ2) is 16.5. The van der Waals surface area contributed by atoms with Crippen molar-refractivity contribution in [2.75, 3.05) is 9.80 Å². The largest absolute Gasteiger partial charge is 0.310 e. The van der Waals surface area contributed by atoms with Crippen LogP contribution in [0.4, 0.5) is 34.1 Å². The summed E-state index contributed by atoms with van der Waals surface area (Å²) in [7, 11) is 0. The minimum atomic E-state index is -0.751. The van der Waals surface area contributed by atoms with Gasteiger partial charge in [0.25, 0.3) is 0 Å². The lowest BCUT2D eigenvalue weighted by molar-refractivity contribution is 0.732. The summed E-state index contributed by atoms with van der Waals surface area (Å²) in [6.07, 6.45) is 0. The molecule has 2 aliphatic rings. The van der Waals surface area contributed by atoms with Crippen molar-refractivity contribution in [3.05, 3.63) is 262 Å². The van der Waals surface area contributed by atoms with Gasteiger partial charge in [-0.25, -0.2) is 9.97 Å². The molecule has 2 aliphatic heterocycles. The molecule has 9 aromatic carbocycles. The van der Waals surface area contributed by atoms with Crippen molar-refractivity contribution in [3.8, 4) is 44.8 Å². The van der Waals surface area contributed by atoms with Crippen LogP contribution in [0.5, 0.6) is 0 Å². The third kappa shape index (κ3) is 6.73. The van der Waals surface area contributed by atoms with Gasteiger partial charge in [-0.15, -0.1) is 0 Å². The van der Waals surface area contributed by atoms with Crippen molar-refractivity contribution in [2.24, 2.45) is 0 Å². The van der Waals surface area contributed by atoms with Crippen LogP contribution >= 0.6 is 0 Å². The number of aryl methyl sites for hydroxylation is 5. The zero-order valence-electron chi connectivity index (χ0n) is 39.9. The van der Waals surface area contributed by atoms with Gasteiger partial charge in [-0.2, -0.15) is 0 Å². The zero-order chi connectivity index (χ0) is 47.0. The number of rotatable bonds is 4. The average Bonchev–Trinajstić information content (AvgIpc) is 3.38.